The van der Waals surface area contributed by atoms with Crippen molar-refractivity contribution in [2.75, 3.05) is 13.2 Å². The Balaban J connectivity index is 2.20. The highest BCUT2D eigenvalue weighted by Gasteiger charge is 2.44. The van der Waals surface area contributed by atoms with Gasteiger partial charge < -0.3 is 50.5 Å². The number of aliphatic hydroxyl groups is 7. The first kappa shape index (κ1) is 69.9. The number of nitrogens with one attached hydrogen (secondary N) is 1. The molecule has 1 heterocycles. The van der Waals surface area contributed by atoms with Gasteiger partial charge >= 0.3 is 0 Å². The zero-order chi connectivity index (χ0) is 53.3. The molecule has 1 saturated heterocycles. The van der Waals surface area contributed by atoms with Gasteiger partial charge in [-0.1, -0.05) is 283 Å². The van der Waals surface area contributed by atoms with Crippen LogP contribution < -0.4 is 5.32 Å². The van der Waals surface area contributed by atoms with Crippen molar-refractivity contribution in [2.45, 2.75) is 364 Å². The third-order valence-electron chi connectivity index (χ3n) is 15.6. The van der Waals surface area contributed by atoms with E-state index in [1.165, 1.54) is 231 Å². The summed E-state index contributed by atoms with van der Waals surface area (Å²) in [6.07, 6.45) is 50.2. The molecule has 1 rings (SSSR count). The van der Waals surface area contributed by atoms with Crippen molar-refractivity contribution in [3.8, 4) is 0 Å². The second-order valence-corrected chi connectivity index (χ2v) is 22.5. The minimum atomic E-state index is -1.66. The van der Waals surface area contributed by atoms with Crippen LogP contribution >= 0.6 is 0 Å². The highest BCUT2D eigenvalue weighted by Crippen LogP contribution is 2.24. The molecule has 0 aromatic rings. The van der Waals surface area contributed by atoms with Crippen LogP contribution in [0.5, 0.6) is 0 Å². The second kappa shape index (κ2) is 51.6. The largest absolute Gasteiger partial charge is 0.394 e. The number of carbonyl (C=O) groups is 1. The number of ether oxygens (including phenoxy) is 2. The van der Waals surface area contributed by atoms with E-state index in [2.05, 4.69) is 31.3 Å². The van der Waals surface area contributed by atoms with Gasteiger partial charge in [0.2, 0.25) is 5.91 Å². The van der Waals surface area contributed by atoms with Gasteiger partial charge in [0.15, 0.2) is 6.29 Å². The average Bonchev–Trinajstić information content (AvgIpc) is 3.39. The zero-order valence-corrected chi connectivity index (χ0v) is 47.6. The van der Waals surface area contributed by atoms with Gasteiger partial charge in [0.05, 0.1) is 25.4 Å². The van der Waals surface area contributed by atoms with Gasteiger partial charge in [-0.15, -0.1) is 0 Å². The molecule has 9 unspecified atom stereocenters. The normalized spacial score (nSPS) is 19.9. The molecule has 73 heavy (non-hydrogen) atoms. The van der Waals surface area contributed by atoms with Crippen molar-refractivity contribution in [1.29, 1.82) is 0 Å². The summed E-state index contributed by atoms with van der Waals surface area (Å²) in [7, 11) is 0. The van der Waals surface area contributed by atoms with Crippen LogP contribution in [0, 0.1) is 0 Å². The van der Waals surface area contributed by atoms with Crippen LogP contribution in [0.15, 0.2) is 12.2 Å². The summed E-state index contributed by atoms with van der Waals surface area (Å²) in [4.78, 5) is 13.2. The molecule has 1 fully saturated rings. The van der Waals surface area contributed by atoms with Gasteiger partial charge in [0.25, 0.3) is 0 Å². The predicted molar refractivity (Wildman–Crippen MR) is 303 cm³/mol. The Morgan fingerprint density at radius 2 is 0.808 bits per heavy atom. The Kier molecular flexibility index (Phi) is 49.4. The first-order valence-corrected chi connectivity index (χ1v) is 31.6. The molecule has 8 N–H and O–H groups in total. The molecule has 1 aliphatic rings. The van der Waals surface area contributed by atoms with E-state index in [-0.39, 0.29) is 12.8 Å². The van der Waals surface area contributed by atoms with Gasteiger partial charge in [0.1, 0.15) is 36.6 Å². The second-order valence-electron chi connectivity index (χ2n) is 22.5. The zero-order valence-electron chi connectivity index (χ0n) is 47.6. The van der Waals surface area contributed by atoms with Crippen molar-refractivity contribution < 1.29 is 50.0 Å². The Bertz CT molecular complexity index is 1190. The minimum Gasteiger partial charge on any atom is -0.394 e. The van der Waals surface area contributed by atoms with Crippen LogP contribution in [0.2, 0.25) is 0 Å². The maximum Gasteiger partial charge on any atom is 0.249 e. The molecule has 11 heteroatoms. The number of allylic oxidation sites excluding steroid dienone is 2. The molecular formula is C62H121NO10. The quantitative estimate of drug-likeness (QED) is 0.0215. The van der Waals surface area contributed by atoms with Gasteiger partial charge in [-0.25, -0.2) is 0 Å². The lowest BCUT2D eigenvalue weighted by atomic mass is 9.98. The molecule has 0 spiro atoms. The molecule has 0 aromatic heterocycles. The molecule has 1 amide bonds. The van der Waals surface area contributed by atoms with Crippen LogP contribution in [0.4, 0.5) is 0 Å². The van der Waals surface area contributed by atoms with E-state index in [9.17, 15) is 40.5 Å². The monoisotopic (exact) mass is 1040 g/mol. The van der Waals surface area contributed by atoms with Crippen LogP contribution in [0.1, 0.15) is 309 Å². The molecule has 0 aliphatic carbocycles. The fourth-order valence-corrected chi connectivity index (χ4v) is 10.4. The molecule has 434 valence electrons. The summed E-state index contributed by atoms with van der Waals surface area (Å²) in [5, 5.41) is 76.1. The maximum atomic E-state index is 13.2. The number of rotatable bonds is 55. The van der Waals surface area contributed by atoms with E-state index < -0.39 is 74.2 Å². The van der Waals surface area contributed by atoms with Gasteiger partial charge in [-0.05, 0) is 38.5 Å². The third kappa shape index (κ3) is 39.8. The van der Waals surface area contributed by atoms with E-state index in [1.807, 2.05) is 0 Å². The van der Waals surface area contributed by atoms with E-state index in [0.29, 0.717) is 12.8 Å². The SMILES string of the molecule is CCCCCCCCCCCCCCCCCCCCCCCCCCCCC/C=C/CCCC(O)C(O)C(COC1OC(CO)C(O)C(O)C1O)NC(=O)C(O)CCCCCCCCCCCCCCCC. The summed E-state index contributed by atoms with van der Waals surface area (Å²) in [6, 6.07) is -1.18. The highest BCUT2D eigenvalue weighted by molar-refractivity contribution is 5.80. The summed E-state index contributed by atoms with van der Waals surface area (Å²) >= 11 is 0. The number of carbonyl (C=O) groups excluding carboxylic acids is 1. The number of hydrogen-bond acceptors (Lipinski definition) is 10. The molecular weight excluding hydrogens is 919 g/mol. The van der Waals surface area contributed by atoms with Crippen molar-refractivity contribution >= 4 is 5.91 Å². The summed E-state index contributed by atoms with van der Waals surface area (Å²) in [5.74, 6) is -0.701. The Labute approximate surface area is 449 Å². The lowest BCUT2D eigenvalue weighted by Crippen LogP contribution is -2.60. The minimum absolute atomic E-state index is 0.259. The lowest BCUT2D eigenvalue weighted by Gasteiger charge is -2.40. The third-order valence-corrected chi connectivity index (χ3v) is 15.6. The first-order chi connectivity index (χ1) is 35.7. The number of hydrogen-bond donors (Lipinski definition) is 8. The average molecular weight is 1040 g/mol. The fraction of sp³-hybridized carbons (Fsp3) is 0.952. The fourth-order valence-electron chi connectivity index (χ4n) is 10.4. The number of unbranched alkanes of at least 4 members (excludes halogenated alkanes) is 41. The lowest BCUT2D eigenvalue weighted by molar-refractivity contribution is -0.303. The van der Waals surface area contributed by atoms with Crippen LogP contribution in [-0.4, -0.2) is 110 Å². The van der Waals surface area contributed by atoms with Gasteiger partial charge in [-0.3, -0.25) is 4.79 Å². The van der Waals surface area contributed by atoms with Crippen LogP contribution in [-0.2, 0) is 14.3 Å². The smallest absolute Gasteiger partial charge is 0.249 e. The highest BCUT2D eigenvalue weighted by atomic mass is 16.7. The standard InChI is InChI=1S/C62H121NO10/c1-3-5-7-9-11-13-15-17-19-20-21-22-23-24-25-26-27-28-29-30-31-32-33-34-35-36-38-39-41-43-45-47-49-54(65)57(67)53(52-72-62-60(70)59(69)58(68)56(51-64)73-62)63-61(71)55(66)50-48-46-44-42-40-37-18-16-14-12-10-8-6-4-2/h41,43,53-60,62,64-70H,3-40,42,44-52H2,1-2H3,(H,63,71)/b43-41+. The predicted octanol–water partition coefficient (Wildman–Crippen LogP) is 13.9. The van der Waals surface area contributed by atoms with E-state index in [4.69, 9.17) is 9.47 Å². The molecule has 0 radical (unpaired) electrons. The molecule has 1 aliphatic heterocycles. The van der Waals surface area contributed by atoms with E-state index >= 15 is 0 Å². The summed E-state index contributed by atoms with van der Waals surface area (Å²) in [6.45, 7) is 3.47. The van der Waals surface area contributed by atoms with Crippen molar-refractivity contribution in [3.05, 3.63) is 12.2 Å². The Morgan fingerprint density at radius 3 is 1.18 bits per heavy atom. The molecule has 11 nitrogen and oxygen atoms in total. The summed E-state index contributed by atoms with van der Waals surface area (Å²) in [5.41, 5.74) is 0. The van der Waals surface area contributed by atoms with Crippen LogP contribution in [0.25, 0.3) is 0 Å². The van der Waals surface area contributed by atoms with Gasteiger partial charge in [-0.2, -0.15) is 0 Å². The van der Waals surface area contributed by atoms with E-state index in [1.54, 1.807) is 0 Å². The maximum absolute atomic E-state index is 13.2. The molecule has 0 saturated carbocycles. The molecule has 9 atom stereocenters. The topological polar surface area (TPSA) is 189 Å². The molecule has 0 bridgehead atoms. The Morgan fingerprint density at radius 1 is 0.466 bits per heavy atom. The van der Waals surface area contributed by atoms with Gasteiger partial charge in [0, 0.05) is 0 Å². The number of amides is 1. The van der Waals surface area contributed by atoms with Crippen molar-refractivity contribution in [3.63, 3.8) is 0 Å². The first-order valence-electron chi connectivity index (χ1n) is 31.6. The molecule has 0 aromatic carbocycles. The van der Waals surface area contributed by atoms with E-state index in [0.717, 1.165) is 38.5 Å². The number of aliphatic hydroxyl groups excluding tert-OH is 7. The Hall–Kier alpha value is -1.15. The van der Waals surface area contributed by atoms with Crippen LogP contribution in [0.3, 0.4) is 0 Å². The summed E-state index contributed by atoms with van der Waals surface area (Å²) < 4.78 is 11.1. The van der Waals surface area contributed by atoms with Crippen molar-refractivity contribution in [2.24, 2.45) is 0 Å². The van der Waals surface area contributed by atoms with Crippen molar-refractivity contribution in [1.82, 2.24) is 5.32 Å².